The molecule has 0 bridgehead atoms. The molecule has 6 nitrogen and oxygen atoms in total. The Morgan fingerprint density at radius 2 is 2.21 bits per heavy atom. The minimum atomic E-state index is 0.163. The van der Waals surface area contributed by atoms with Gasteiger partial charge in [0, 0.05) is 11.9 Å². The van der Waals surface area contributed by atoms with Gasteiger partial charge in [-0.3, -0.25) is 0 Å². The van der Waals surface area contributed by atoms with Gasteiger partial charge < -0.3 is 15.4 Å². The van der Waals surface area contributed by atoms with Crippen LogP contribution in [0.2, 0.25) is 0 Å². The Morgan fingerprint density at radius 3 is 2.84 bits per heavy atom. The molecule has 2 heterocycles. The van der Waals surface area contributed by atoms with Crippen LogP contribution in [-0.2, 0) is 0 Å². The van der Waals surface area contributed by atoms with Crippen LogP contribution in [0.25, 0.3) is 0 Å². The summed E-state index contributed by atoms with van der Waals surface area (Å²) in [7, 11) is 1.93. The third-order valence-electron chi connectivity index (χ3n) is 2.75. The summed E-state index contributed by atoms with van der Waals surface area (Å²) in [4.78, 5) is 15.5. The van der Waals surface area contributed by atoms with Crippen molar-refractivity contribution in [3.05, 3.63) is 22.4 Å². The van der Waals surface area contributed by atoms with E-state index in [4.69, 9.17) is 10.5 Å². The average molecular weight is 279 g/mol. The molecule has 7 heteroatoms. The van der Waals surface area contributed by atoms with Gasteiger partial charge in [0.2, 0.25) is 11.9 Å². The lowest BCUT2D eigenvalue weighted by atomic mass is 10.2. The number of thiophene rings is 1. The maximum Gasteiger partial charge on any atom is 0.323 e. The minimum absolute atomic E-state index is 0.163. The number of anilines is 2. The molecule has 0 aliphatic rings. The number of nitrogen functional groups attached to an aromatic ring is 1. The molecule has 0 fully saturated rings. The Kier molecular flexibility index (Phi) is 4.16. The van der Waals surface area contributed by atoms with E-state index in [0.717, 1.165) is 0 Å². The lowest BCUT2D eigenvalue weighted by Gasteiger charge is -2.24. The van der Waals surface area contributed by atoms with Crippen molar-refractivity contribution in [2.45, 2.75) is 19.9 Å². The monoisotopic (exact) mass is 279 g/mol. The van der Waals surface area contributed by atoms with Gasteiger partial charge in [-0.05, 0) is 25.3 Å². The quantitative estimate of drug-likeness (QED) is 0.903. The molecule has 2 aromatic heterocycles. The molecule has 0 radical (unpaired) electrons. The van der Waals surface area contributed by atoms with E-state index in [1.807, 2.05) is 30.3 Å². The number of aromatic nitrogens is 3. The van der Waals surface area contributed by atoms with Gasteiger partial charge >= 0.3 is 6.01 Å². The first-order valence-electron chi connectivity index (χ1n) is 6.02. The molecule has 1 atom stereocenters. The molecule has 102 valence electrons. The summed E-state index contributed by atoms with van der Waals surface area (Å²) in [5.41, 5.74) is 5.68. The van der Waals surface area contributed by atoms with Crippen molar-refractivity contribution in [1.29, 1.82) is 0 Å². The first-order chi connectivity index (χ1) is 9.11. The highest BCUT2D eigenvalue weighted by molar-refractivity contribution is 7.10. The molecular formula is C12H17N5OS. The van der Waals surface area contributed by atoms with Crippen molar-refractivity contribution >= 4 is 23.2 Å². The van der Waals surface area contributed by atoms with Gasteiger partial charge in [-0.2, -0.15) is 15.0 Å². The van der Waals surface area contributed by atoms with E-state index in [0.29, 0.717) is 12.6 Å². The first-order valence-corrected chi connectivity index (χ1v) is 6.90. The van der Waals surface area contributed by atoms with Crippen molar-refractivity contribution < 1.29 is 4.74 Å². The summed E-state index contributed by atoms with van der Waals surface area (Å²) in [5, 5.41) is 2.05. The van der Waals surface area contributed by atoms with Crippen LogP contribution in [0.1, 0.15) is 24.8 Å². The van der Waals surface area contributed by atoms with E-state index in [9.17, 15) is 0 Å². The number of nitrogens with two attached hydrogens (primary N) is 1. The normalized spacial score (nSPS) is 12.2. The van der Waals surface area contributed by atoms with E-state index in [1.165, 1.54) is 4.88 Å². The Hall–Kier alpha value is -1.89. The van der Waals surface area contributed by atoms with E-state index < -0.39 is 0 Å². The Morgan fingerprint density at radius 1 is 1.42 bits per heavy atom. The van der Waals surface area contributed by atoms with Crippen LogP contribution in [0.3, 0.4) is 0 Å². The SMILES string of the molecule is CCOc1nc(N)nc(N(C)C(C)c2cccs2)n1. The Bertz CT molecular complexity index is 531. The van der Waals surface area contributed by atoms with Crippen molar-refractivity contribution in [2.75, 3.05) is 24.3 Å². The van der Waals surface area contributed by atoms with E-state index in [2.05, 4.69) is 27.9 Å². The summed E-state index contributed by atoms with van der Waals surface area (Å²) in [6, 6.07) is 4.53. The second-order valence-electron chi connectivity index (χ2n) is 4.01. The molecular weight excluding hydrogens is 262 g/mol. The fourth-order valence-electron chi connectivity index (χ4n) is 1.61. The van der Waals surface area contributed by atoms with Crippen LogP contribution >= 0.6 is 11.3 Å². The van der Waals surface area contributed by atoms with Gasteiger partial charge in [-0.1, -0.05) is 6.07 Å². The number of nitrogens with zero attached hydrogens (tertiary/aromatic N) is 4. The second-order valence-corrected chi connectivity index (χ2v) is 4.99. The molecule has 2 N–H and O–H groups in total. The van der Waals surface area contributed by atoms with Crippen LogP contribution in [0.5, 0.6) is 6.01 Å². The maximum atomic E-state index is 5.68. The van der Waals surface area contributed by atoms with E-state index in [-0.39, 0.29) is 18.0 Å². The fourth-order valence-corrected chi connectivity index (χ4v) is 2.43. The van der Waals surface area contributed by atoms with Gasteiger partial charge in [0.15, 0.2) is 0 Å². The zero-order chi connectivity index (χ0) is 13.8. The predicted octanol–water partition coefficient (Wildman–Crippen LogP) is 2.11. The number of hydrogen-bond donors (Lipinski definition) is 1. The van der Waals surface area contributed by atoms with Gasteiger partial charge in [-0.25, -0.2) is 0 Å². The van der Waals surface area contributed by atoms with Crippen molar-refractivity contribution in [1.82, 2.24) is 15.0 Å². The molecule has 0 saturated heterocycles. The highest BCUT2D eigenvalue weighted by atomic mass is 32.1. The zero-order valence-electron chi connectivity index (χ0n) is 11.2. The highest BCUT2D eigenvalue weighted by Crippen LogP contribution is 2.26. The van der Waals surface area contributed by atoms with Crippen molar-refractivity contribution in [2.24, 2.45) is 0 Å². The Balaban J connectivity index is 2.25. The minimum Gasteiger partial charge on any atom is -0.464 e. The predicted molar refractivity (Wildman–Crippen MR) is 76.5 cm³/mol. The van der Waals surface area contributed by atoms with Crippen LogP contribution in [0.4, 0.5) is 11.9 Å². The molecule has 19 heavy (non-hydrogen) atoms. The van der Waals surface area contributed by atoms with Crippen LogP contribution in [-0.4, -0.2) is 28.6 Å². The molecule has 1 unspecified atom stereocenters. The molecule has 0 saturated carbocycles. The molecule has 0 aliphatic heterocycles. The fraction of sp³-hybridized carbons (Fsp3) is 0.417. The third-order valence-corrected chi connectivity index (χ3v) is 3.79. The number of rotatable bonds is 5. The Labute approximate surface area is 116 Å². The van der Waals surface area contributed by atoms with Gasteiger partial charge in [0.25, 0.3) is 0 Å². The molecule has 0 aromatic carbocycles. The average Bonchev–Trinajstić information content (AvgIpc) is 2.90. The molecule has 0 aliphatic carbocycles. The summed E-state index contributed by atoms with van der Waals surface area (Å²) >= 11 is 1.70. The van der Waals surface area contributed by atoms with Gasteiger partial charge in [0.05, 0.1) is 12.6 Å². The summed E-state index contributed by atoms with van der Waals surface area (Å²) in [6.07, 6.45) is 0. The molecule has 2 aromatic rings. The highest BCUT2D eigenvalue weighted by Gasteiger charge is 2.17. The van der Waals surface area contributed by atoms with Crippen LogP contribution in [0, 0.1) is 0 Å². The number of hydrogen-bond acceptors (Lipinski definition) is 7. The summed E-state index contributed by atoms with van der Waals surface area (Å²) < 4.78 is 5.28. The van der Waals surface area contributed by atoms with Crippen molar-refractivity contribution in [3.63, 3.8) is 0 Å². The van der Waals surface area contributed by atoms with E-state index in [1.54, 1.807) is 11.3 Å². The van der Waals surface area contributed by atoms with Gasteiger partial charge in [0.1, 0.15) is 0 Å². The second kappa shape index (κ2) is 5.83. The molecule has 2 rings (SSSR count). The van der Waals surface area contributed by atoms with Crippen LogP contribution < -0.4 is 15.4 Å². The zero-order valence-corrected chi connectivity index (χ0v) is 12.0. The van der Waals surface area contributed by atoms with E-state index >= 15 is 0 Å². The lowest BCUT2D eigenvalue weighted by Crippen LogP contribution is -2.24. The molecule has 0 spiro atoms. The summed E-state index contributed by atoms with van der Waals surface area (Å²) in [5.74, 6) is 0.676. The summed E-state index contributed by atoms with van der Waals surface area (Å²) in [6.45, 7) is 4.46. The first kappa shape index (κ1) is 13.5. The lowest BCUT2D eigenvalue weighted by molar-refractivity contribution is 0.312. The third kappa shape index (κ3) is 3.11. The van der Waals surface area contributed by atoms with Crippen molar-refractivity contribution in [3.8, 4) is 6.01 Å². The topological polar surface area (TPSA) is 77.2 Å². The standard InChI is InChI=1S/C12H17N5OS/c1-4-18-12-15-10(13)14-11(16-12)17(3)8(2)9-6-5-7-19-9/h5-8H,4H2,1-3H3,(H2,13,14,15,16). The maximum absolute atomic E-state index is 5.68. The largest absolute Gasteiger partial charge is 0.464 e. The van der Waals surface area contributed by atoms with Gasteiger partial charge in [-0.15, -0.1) is 11.3 Å². The number of ether oxygens (including phenoxy) is 1. The van der Waals surface area contributed by atoms with Crippen LogP contribution in [0.15, 0.2) is 17.5 Å². The smallest absolute Gasteiger partial charge is 0.323 e. The molecule has 0 amide bonds.